The van der Waals surface area contributed by atoms with Gasteiger partial charge in [-0.3, -0.25) is 19.3 Å². The molecule has 158 valence electrons. The van der Waals surface area contributed by atoms with Gasteiger partial charge in [-0.05, 0) is 32.0 Å². The molecule has 2 aromatic heterocycles. The second-order valence-electron chi connectivity index (χ2n) is 7.38. The smallest absolute Gasteiger partial charge is 0.261 e. The fourth-order valence-corrected chi connectivity index (χ4v) is 3.81. The van der Waals surface area contributed by atoms with Gasteiger partial charge in [0, 0.05) is 37.6 Å². The molecule has 0 radical (unpaired) electrons. The van der Waals surface area contributed by atoms with E-state index in [1.807, 2.05) is 18.7 Å². The molecule has 0 unspecified atom stereocenters. The lowest BCUT2D eigenvalue weighted by atomic mass is 10.1. The summed E-state index contributed by atoms with van der Waals surface area (Å²) in [6, 6.07) is 5.20. The lowest BCUT2D eigenvalue weighted by molar-refractivity contribution is 0.0745. The number of hydrogen-bond acceptors (Lipinski definition) is 5. The van der Waals surface area contributed by atoms with Crippen LogP contribution in [0.15, 0.2) is 29.3 Å². The fraction of sp³-hybridized carbons (Fsp3) is 0.400. The largest absolute Gasteiger partial charge is 0.368 e. The molecule has 10 heteroatoms. The van der Waals surface area contributed by atoms with Gasteiger partial charge in [0.05, 0.1) is 35.0 Å². The van der Waals surface area contributed by atoms with E-state index in [2.05, 4.69) is 20.1 Å². The third-order valence-corrected chi connectivity index (χ3v) is 5.42. The molecule has 4 rings (SSSR count). The van der Waals surface area contributed by atoms with Crippen LogP contribution in [0.25, 0.3) is 10.9 Å². The van der Waals surface area contributed by atoms with Crippen molar-refractivity contribution in [2.45, 2.75) is 26.8 Å². The van der Waals surface area contributed by atoms with Crippen molar-refractivity contribution in [1.82, 2.24) is 24.6 Å². The number of benzene rings is 1. The lowest BCUT2D eigenvalue weighted by Crippen LogP contribution is -2.49. The van der Waals surface area contributed by atoms with Crippen molar-refractivity contribution in [3.05, 3.63) is 51.8 Å². The van der Waals surface area contributed by atoms with E-state index in [9.17, 15) is 18.4 Å². The van der Waals surface area contributed by atoms with Crippen LogP contribution in [0, 0.1) is 13.8 Å². The van der Waals surface area contributed by atoms with Gasteiger partial charge in [0.2, 0.25) is 0 Å². The summed E-state index contributed by atoms with van der Waals surface area (Å²) < 4.78 is 26.1. The first-order chi connectivity index (χ1) is 14.3. The summed E-state index contributed by atoms with van der Waals surface area (Å²) in [7, 11) is 0. The van der Waals surface area contributed by atoms with Crippen LogP contribution in [0.1, 0.15) is 21.7 Å². The van der Waals surface area contributed by atoms with Crippen molar-refractivity contribution in [3.63, 3.8) is 0 Å². The number of carbonyl (C=O) groups excluding carboxylic acids is 1. The predicted octanol–water partition coefficient (Wildman–Crippen LogP) is 1.96. The molecule has 1 saturated heterocycles. The highest BCUT2D eigenvalue weighted by Gasteiger charge is 2.26. The van der Waals surface area contributed by atoms with Gasteiger partial charge in [-0.1, -0.05) is 0 Å². The van der Waals surface area contributed by atoms with Gasteiger partial charge in [0.1, 0.15) is 0 Å². The first-order valence-corrected chi connectivity index (χ1v) is 9.68. The van der Waals surface area contributed by atoms with Gasteiger partial charge >= 0.3 is 0 Å². The number of amides is 1. The summed E-state index contributed by atoms with van der Waals surface area (Å²) in [4.78, 5) is 33.3. The van der Waals surface area contributed by atoms with Gasteiger partial charge in [-0.25, -0.2) is 13.8 Å². The zero-order valence-electron chi connectivity index (χ0n) is 16.7. The minimum absolute atomic E-state index is 0.0295. The number of piperazine rings is 1. The molecule has 1 amide bonds. The van der Waals surface area contributed by atoms with E-state index in [1.165, 1.54) is 0 Å². The summed E-state index contributed by atoms with van der Waals surface area (Å²) >= 11 is 0. The summed E-state index contributed by atoms with van der Waals surface area (Å²) in [6.45, 7) is 5.36. The number of hydrogen-bond donors (Lipinski definition) is 1. The molecular formula is C20H22F2N6O2. The first kappa shape index (κ1) is 20.0. The topological polar surface area (TPSA) is 87.1 Å². The number of aryl methyl sites for hydroxylation is 2. The number of rotatable bonds is 4. The molecule has 3 aromatic rings. The first-order valence-electron chi connectivity index (χ1n) is 9.68. The Hall–Kier alpha value is -3.30. The number of aromatic nitrogens is 4. The van der Waals surface area contributed by atoms with E-state index in [-0.39, 0.29) is 5.91 Å². The van der Waals surface area contributed by atoms with Crippen molar-refractivity contribution < 1.29 is 13.6 Å². The molecule has 3 heterocycles. The Bertz CT molecular complexity index is 1130. The van der Waals surface area contributed by atoms with E-state index in [1.54, 1.807) is 18.2 Å². The maximum absolute atomic E-state index is 12.8. The summed E-state index contributed by atoms with van der Waals surface area (Å²) in [5, 5.41) is 7.24. The second kappa shape index (κ2) is 7.85. The van der Waals surface area contributed by atoms with E-state index in [0.29, 0.717) is 48.3 Å². The van der Waals surface area contributed by atoms with Crippen LogP contribution in [0.3, 0.4) is 0 Å². The highest BCUT2D eigenvalue weighted by atomic mass is 19.3. The molecule has 0 atom stereocenters. The molecule has 1 aromatic carbocycles. The molecule has 0 spiro atoms. The number of H-pyrrole nitrogens is 1. The molecule has 0 saturated carbocycles. The highest BCUT2D eigenvalue weighted by Crippen LogP contribution is 2.22. The van der Waals surface area contributed by atoms with E-state index in [4.69, 9.17) is 0 Å². The Labute approximate surface area is 171 Å². The standard InChI is InChI=1S/C20H22F2N6O2/c1-12-18(13(2)25-24-12)20(30)27-7-5-26(6-8-27)14-3-4-15-16(9-14)23-11-28(19(15)29)10-17(21)22/h3-4,9,11,17H,5-8,10H2,1-2H3,(H,24,25). The Kier molecular flexibility index (Phi) is 5.23. The maximum atomic E-state index is 12.8. The fourth-order valence-electron chi connectivity index (χ4n) is 3.81. The minimum atomic E-state index is -2.62. The molecule has 30 heavy (non-hydrogen) atoms. The van der Waals surface area contributed by atoms with Crippen LogP contribution in [-0.4, -0.2) is 63.2 Å². The zero-order chi connectivity index (χ0) is 21.4. The Morgan fingerprint density at radius 3 is 2.57 bits per heavy atom. The molecular weight excluding hydrogens is 394 g/mol. The SMILES string of the molecule is Cc1n[nH]c(C)c1C(=O)N1CCN(c2ccc3c(=O)n(CC(F)F)cnc3c2)CC1. The zero-order valence-corrected chi connectivity index (χ0v) is 16.7. The molecule has 0 aliphatic carbocycles. The third-order valence-electron chi connectivity index (χ3n) is 5.42. The van der Waals surface area contributed by atoms with Gasteiger partial charge < -0.3 is 9.80 Å². The van der Waals surface area contributed by atoms with E-state index < -0.39 is 18.5 Å². The number of nitrogens with one attached hydrogen (secondary N) is 1. The Balaban J connectivity index is 1.49. The lowest BCUT2D eigenvalue weighted by Gasteiger charge is -2.36. The van der Waals surface area contributed by atoms with Gasteiger partial charge in [-0.2, -0.15) is 5.10 Å². The minimum Gasteiger partial charge on any atom is -0.368 e. The summed E-state index contributed by atoms with van der Waals surface area (Å²) in [5.74, 6) is -0.0295. The van der Waals surface area contributed by atoms with Crippen molar-refractivity contribution in [1.29, 1.82) is 0 Å². The molecule has 0 bridgehead atoms. The number of nitrogens with zero attached hydrogens (tertiary/aromatic N) is 5. The number of halogens is 2. The Morgan fingerprint density at radius 1 is 1.20 bits per heavy atom. The normalized spacial score (nSPS) is 14.7. The van der Waals surface area contributed by atoms with E-state index >= 15 is 0 Å². The quantitative estimate of drug-likeness (QED) is 0.703. The summed E-state index contributed by atoms with van der Waals surface area (Å²) in [6.07, 6.45) is -1.46. The van der Waals surface area contributed by atoms with Crippen molar-refractivity contribution in [2.75, 3.05) is 31.1 Å². The van der Waals surface area contributed by atoms with Crippen LogP contribution < -0.4 is 10.5 Å². The van der Waals surface area contributed by atoms with Crippen molar-refractivity contribution in [3.8, 4) is 0 Å². The number of fused-ring (bicyclic) bond motifs is 1. The highest BCUT2D eigenvalue weighted by molar-refractivity contribution is 5.96. The molecule has 1 N–H and O–H groups in total. The molecule has 1 aliphatic rings. The van der Waals surface area contributed by atoms with Crippen LogP contribution in [0.5, 0.6) is 0 Å². The average Bonchev–Trinajstić information content (AvgIpc) is 3.07. The van der Waals surface area contributed by atoms with Gasteiger partial charge in [-0.15, -0.1) is 0 Å². The molecule has 1 aliphatic heterocycles. The second-order valence-corrected chi connectivity index (χ2v) is 7.38. The predicted molar refractivity (Wildman–Crippen MR) is 108 cm³/mol. The monoisotopic (exact) mass is 416 g/mol. The third kappa shape index (κ3) is 3.64. The number of alkyl halides is 2. The summed E-state index contributed by atoms with van der Waals surface area (Å²) in [5.41, 5.74) is 2.94. The molecule has 1 fully saturated rings. The Morgan fingerprint density at radius 2 is 1.93 bits per heavy atom. The molecule has 8 nitrogen and oxygen atoms in total. The van der Waals surface area contributed by atoms with Crippen LogP contribution in [-0.2, 0) is 6.54 Å². The van der Waals surface area contributed by atoms with Crippen LogP contribution in [0.2, 0.25) is 0 Å². The maximum Gasteiger partial charge on any atom is 0.261 e. The number of anilines is 1. The number of carbonyl (C=O) groups is 1. The van der Waals surface area contributed by atoms with E-state index in [0.717, 1.165) is 22.3 Å². The number of aromatic amines is 1. The van der Waals surface area contributed by atoms with Gasteiger partial charge in [0.25, 0.3) is 17.9 Å². The van der Waals surface area contributed by atoms with Gasteiger partial charge in [0.15, 0.2) is 0 Å². The van der Waals surface area contributed by atoms with Crippen molar-refractivity contribution >= 4 is 22.5 Å². The van der Waals surface area contributed by atoms with Crippen LogP contribution in [0.4, 0.5) is 14.5 Å². The average molecular weight is 416 g/mol. The van der Waals surface area contributed by atoms with Crippen molar-refractivity contribution in [2.24, 2.45) is 0 Å². The van der Waals surface area contributed by atoms with Crippen LogP contribution >= 0.6 is 0 Å².